The Morgan fingerprint density at radius 1 is 1.24 bits per heavy atom. The minimum absolute atomic E-state index is 0.487. The first-order valence-corrected chi connectivity index (χ1v) is 6.22. The van der Waals surface area contributed by atoms with Crippen LogP contribution in [0.2, 0.25) is 0 Å². The molecule has 0 aromatic heterocycles. The highest BCUT2D eigenvalue weighted by Crippen LogP contribution is 2.40. The van der Waals surface area contributed by atoms with E-state index in [2.05, 4.69) is 17.0 Å². The van der Waals surface area contributed by atoms with Gasteiger partial charge in [-0.25, -0.2) is 0 Å². The third-order valence-corrected chi connectivity index (χ3v) is 3.81. The highest BCUT2D eigenvalue weighted by Gasteiger charge is 2.34. The lowest BCUT2D eigenvalue weighted by molar-refractivity contribution is 0.693. The van der Waals surface area contributed by atoms with Crippen molar-refractivity contribution in [3.63, 3.8) is 0 Å². The van der Waals surface area contributed by atoms with Crippen LogP contribution in [0, 0.1) is 5.41 Å². The molecule has 3 N–H and O–H groups in total. The maximum absolute atomic E-state index is 8.29. The summed E-state index contributed by atoms with van der Waals surface area (Å²) in [7, 11) is 0. The van der Waals surface area contributed by atoms with E-state index in [-0.39, 0.29) is 0 Å². The van der Waals surface area contributed by atoms with Gasteiger partial charge in [-0.2, -0.15) is 0 Å². The normalized spacial score (nSPS) is 22.5. The molecule has 1 aromatic carbocycles. The zero-order valence-electron chi connectivity index (χ0n) is 9.82. The van der Waals surface area contributed by atoms with Crippen molar-refractivity contribution < 1.29 is 0 Å². The number of hydrogen-bond acceptors (Lipinski definition) is 2. The van der Waals surface area contributed by atoms with Gasteiger partial charge < -0.3 is 10.6 Å². The predicted octanol–water partition coefficient (Wildman–Crippen LogP) is 2.73. The quantitative estimate of drug-likeness (QED) is 0.775. The van der Waals surface area contributed by atoms with Crippen LogP contribution in [0.25, 0.3) is 5.57 Å². The van der Waals surface area contributed by atoms with Crippen LogP contribution in [0.4, 0.5) is 5.69 Å². The zero-order chi connectivity index (χ0) is 11.8. The summed E-state index contributed by atoms with van der Waals surface area (Å²) in [5.74, 6) is 0.570. The molecule has 3 heteroatoms. The van der Waals surface area contributed by atoms with Crippen LogP contribution >= 0.6 is 0 Å². The third kappa shape index (κ3) is 1.46. The first kappa shape index (κ1) is 10.4. The lowest BCUT2D eigenvalue weighted by Crippen LogP contribution is -2.35. The topological polar surface area (TPSA) is 53.1 Å². The van der Waals surface area contributed by atoms with Gasteiger partial charge in [-0.15, -0.1) is 0 Å². The zero-order valence-corrected chi connectivity index (χ0v) is 9.82. The monoisotopic (exact) mass is 227 g/mol. The van der Waals surface area contributed by atoms with Crippen molar-refractivity contribution in [2.45, 2.75) is 31.7 Å². The Hall–Kier alpha value is -1.77. The number of nitrogens with zero attached hydrogens (tertiary/aromatic N) is 1. The van der Waals surface area contributed by atoms with Gasteiger partial charge >= 0.3 is 0 Å². The molecule has 0 bridgehead atoms. The number of hydrogen-bond donors (Lipinski definition) is 2. The molecule has 1 aliphatic carbocycles. The summed E-state index contributed by atoms with van der Waals surface area (Å²) in [5.41, 5.74) is 8.80. The standard InChI is InChI=1S/C14H17N3/c15-9-12-11-7-3-4-8-13(11)17(14(12)16)10-5-1-2-6-10/h3-4,7-10,16H,1-2,5-6,15H2/b12-9-,16-14?. The Labute approximate surface area is 101 Å². The largest absolute Gasteiger partial charge is 0.404 e. The highest BCUT2D eigenvalue weighted by atomic mass is 15.2. The summed E-state index contributed by atoms with van der Waals surface area (Å²) in [6, 6.07) is 8.68. The molecular weight excluding hydrogens is 210 g/mol. The van der Waals surface area contributed by atoms with Gasteiger partial charge in [-0.05, 0) is 18.9 Å². The minimum Gasteiger partial charge on any atom is -0.404 e. The molecule has 0 amide bonds. The van der Waals surface area contributed by atoms with Crippen molar-refractivity contribution in [2.75, 3.05) is 4.90 Å². The fraction of sp³-hybridized carbons (Fsp3) is 0.357. The van der Waals surface area contributed by atoms with E-state index in [1.54, 1.807) is 6.20 Å². The molecule has 88 valence electrons. The average molecular weight is 227 g/mol. The fourth-order valence-corrected chi connectivity index (χ4v) is 3.00. The van der Waals surface area contributed by atoms with Crippen molar-refractivity contribution in [3.8, 4) is 0 Å². The van der Waals surface area contributed by atoms with Crippen LogP contribution in [-0.2, 0) is 0 Å². The van der Waals surface area contributed by atoms with E-state index in [9.17, 15) is 0 Å². The van der Waals surface area contributed by atoms with Crippen LogP contribution in [0.15, 0.2) is 30.5 Å². The molecule has 0 atom stereocenters. The van der Waals surface area contributed by atoms with E-state index in [1.165, 1.54) is 25.7 Å². The number of nitrogens with one attached hydrogen (secondary N) is 1. The number of amidine groups is 1. The summed E-state index contributed by atoms with van der Waals surface area (Å²) in [6.07, 6.45) is 6.50. The SMILES string of the molecule is N=C1/C(=C\N)c2ccccc2N1C1CCCC1. The maximum Gasteiger partial charge on any atom is 0.135 e. The number of anilines is 1. The van der Waals surface area contributed by atoms with E-state index in [1.807, 2.05) is 12.1 Å². The molecule has 0 unspecified atom stereocenters. The number of para-hydroxylation sites is 1. The van der Waals surface area contributed by atoms with Gasteiger partial charge in [0, 0.05) is 23.4 Å². The lowest BCUT2D eigenvalue weighted by atomic mass is 10.1. The smallest absolute Gasteiger partial charge is 0.135 e. The third-order valence-electron chi connectivity index (χ3n) is 3.81. The number of fused-ring (bicyclic) bond motifs is 1. The van der Waals surface area contributed by atoms with Crippen LogP contribution < -0.4 is 10.6 Å². The Balaban J connectivity index is 2.08. The van der Waals surface area contributed by atoms with E-state index >= 15 is 0 Å². The van der Waals surface area contributed by atoms with Crippen LogP contribution in [-0.4, -0.2) is 11.9 Å². The van der Waals surface area contributed by atoms with Gasteiger partial charge in [0.05, 0.1) is 5.69 Å². The van der Waals surface area contributed by atoms with E-state index in [0.29, 0.717) is 11.9 Å². The molecule has 0 spiro atoms. The molecule has 17 heavy (non-hydrogen) atoms. The van der Waals surface area contributed by atoms with Gasteiger partial charge in [0.25, 0.3) is 0 Å². The molecule has 3 rings (SSSR count). The summed E-state index contributed by atoms with van der Waals surface area (Å²) in [4.78, 5) is 2.17. The van der Waals surface area contributed by atoms with E-state index in [4.69, 9.17) is 11.1 Å². The van der Waals surface area contributed by atoms with Crippen molar-refractivity contribution in [1.82, 2.24) is 0 Å². The predicted molar refractivity (Wildman–Crippen MR) is 71.1 cm³/mol. The Bertz CT molecular complexity index is 484. The molecule has 1 heterocycles. The molecule has 1 aromatic rings. The Kier molecular flexibility index (Phi) is 2.39. The van der Waals surface area contributed by atoms with Gasteiger partial charge in [-0.1, -0.05) is 31.0 Å². The van der Waals surface area contributed by atoms with Crippen molar-refractivity contribution >= 4 is 17.1 Å². The van der Waals surface area contributed by atoms with Gasteiger partial charge in [0.15, 0.2) is 0 Å². The van der Waals surface area contributed by atoms with Crippen LogP contribution in [0.5, 0.6) is 0 Å². The summed E-state index contributed by atoms with van der Waals surface area (Å²) >= 11 is 0. The van der Waals surface area contributed by atoms with Crippen molar-refractivity contribution in [1.29, 1.82) is 5.41 Å². The Morgan fingerprint density at radius 3 is 2.65 bits per heavy atom. The second-order valence-electron chi connectivity index (χ2n) is 4.75. The molecule has 1 fully saturated rings. The first-order valence-electron chi connectivity index (χ1n) is 6.22. The van der Waals surface area contributed by atoms with E-state index in [0.717, 1.165) is 16.8 Å². The summed E-state index contributed by atoms with van der Waals surface area (Å²) in [5, 5.41) is 8.29. The number of benzene rings is 1. The molecule has 1 aliphatic heterocycles. The second-order valence-corrected chi connectivity index (χ2v) is 4.75. The van der Waals surface area contributed by atoms with Gasteiger partial charge in [0.1, 0.15) is 5.84 Å². The molecule has 0 saturated heterocycles. The number of nitrogens with two attached hydrogens (primary N) is 1. The Morgan fingerprint density at radius 2 is 1.94 bits per heavy atom. The summed E-state index contributed by atoms with van der Waals surface area (Å²) in [6.45, 7) is 0. The molecular formula is C14H17N3. The van der Waals surface area contributed by atoms with Crippen LogP contribution in [0.1, 0.15) is 31.2 Å². The van der Waals surface area contributed by atoms with Crippen molar-refractivity contribution in [2.24, 2.45) is 5.73 Å². The average Bonchev–Trinajstić information content (AvgIpc) is 2.93. The fourth-order valence-electron chi connectivity index (χ4n) is 3.00. The number of rotatable bonds is 1. The minimum atomic E-state index is 0.487. The lowest BCUT2D eigenvalue weighted by Gasteiger charge is -2.26. The molecule has 1 saturated carbocycles. The molecule has 0 radical (unpaired) electrons. The van der Waals surface area contributed by atoms with Crippen LogP contribution in [0.3, 0.4) is 0 Å². The maximum atomic E-state index is 8.29. The highest BCUT2D eigenvalue weighted by molar-refractivity contribution is 6.34. The first-order chi connectivity index (χ1) is 8.33. The molecule has 2 aliphatic rings. The van der Waals surface area contributed by atoms with Gasteiger partial charge in [-0.3, -0.25) is 5.41 Å². The summed E-state index contributed by atoms with van der Waals surface area (Å²) < 4.78 is 0. The molecule has 3 nitrogen and oxygen atoms in total. The van der Waals surface area contributed by atoms with Gasteiger partial charge in [0.2, 0.25) is 0 Å². The van der Waals surface area contributed by atoms with E-state index < -0.39 is 0 Å². The van der Waals surface area contributed by atoms with Crippen molar-refractivity contribution in [3.05, 3.63) is 36.0 Å². The second kappa shape index (κ2) is 3.91.